The number of rotatable bonds is 7. The first-order valence-corrected chi connectivity index (χ1v) is 6.73. The van der Waals surface area contributed by atoms with E-state index in [9.17, 15) is 0 Å². The number of unbranched alkanes of at least 4 members (excludes halogenated alkanes) is 1. The first-order chi connectivity index (χ1) is 7.85. The molecule has 2 fully saturated rings. The van der Waals surface area contributed by atoms with Gasteiger partial charge in [0.25, 0.3) is 0 Å². The molecule has 3 heteroatoms. The molecule has 0 bridgehead atoms. The summed E-state index contributed by atoms with van der Waals surface area (Å²) in [5.74, 6) is 0.542. The van der Waals surface area contributed by atoms with E-state index >= 15 is 0 Å². The van der Waals surface area contributed by atoms with Crippen LogP contribution in [-0.4, -0.2) is 31.7 Å². The molecule has 1 aliphatic carbocycles. The van der Waals surface area contributed by atoms with Crippen molar-refractivity contribution in [3.8, 4) is 0 Å². The Kier molecular flexibility index (Phi) is 4.62. The smallest absolute Gasteiger partial charge is 0.160 e. The van der Waals surface area contributed by atoms with Gasteiger partial charge in [-0.15, -0.1) is 0 Å². The minimum Gasteiger partial charge on any atom is -0.370 e. The second-order valence-corrected chi connectivity index (χ2v) is 4.83. The van der Waals surface area contributed by atoms with Crippen molar-refractivity contribution >= 4 is 0 Å². The lowest BCUT2D eigenvalue weighted by Gasteiger charge is -2.28. The molecule has 16 heavy (non-hydrogen) atoms. The maximum atomic E-state index is 5.85. The topological polar surface area (TPSA) is 31.0 Å². The van der Waals surface area contributed by atoms with E-state index in [0.29, 0.717) is 18.1 Å². The van der Waals surface area contributed by atoms with Crippen LogP contribution < -0.4 is 0 Å². The van der Waals surface area contributed by atoms with Crippen molar-refractivity contribution < 1.29 is 14.2 Å². The molecule has 0 aromatic carbocycles. The van der Waals surface area contributed by atoms with E-state index in [1.54, 1.807) is 0 Å². The molecule has 94 valence electrons. The largest absolute Gasteiger partial charge is 0.370 e. The van der Waals surface area contributed by atoms with E-state index in [0.717, 1.165) is 26.1 Å². The monoisotopic (exact) mass is 228 g/mol. The van der Waals surface area contributed by atoms with Crippen molar-refractivity contribution in [1.29, 1.82) is 0 Å². The molecule has 2 rings (SSSR count). The number of ether oxygens (including phenoxy) is 3. The molecular formula is C13H24O3. The molecular weight excluding hydrogens is 204 g/mol. The molecule has 0 spiro atoms. The van der Waals surface area contributed by atoms with E-state index < -0.39 is 0 Å². The predicted octanol–water partition coefficient (Wildman–Crippen LogP) is 2.73. The Morgan fingerprint density at radius 1 is 1.19 bits per heavy atom. The molecule has 1 saturated heterocycles. The summed E-state index contributed by atoms with van der Waals surface area (Å²) in [6.07, 6.45) is 6.89. The number of epoxide rings is 1. The molecule has 0 aromatic rings. The fourth-order valence-corrected chi connectivity index (χ4v) is 2.51. The normalized spacial score (nSPS) is 34.5. The van der Waals surface area contributed by atoms with Gasteiger partial charge in [-0.3, -0.25) is 0 Å². The summed E-state index contributed by atoms with van der Waals surface area (Å²) in [7, 11) is 0. The second kappa shape index (κ2) is 5.99. The lowest BCUT2D eigenvalue weighted by Crippen LogP contribution is -2.31. The molecule has 3 nitrogen and oxygen atoms in total. The van der Waals surface area contributed by atoms with Gasteiger partial charge in [0, 0.05) is 19.1 Å². The molecule has 4 unspecified atom stereocenters. The number of fused-ring (bicyclic) bond motifs is 1. The zero-order valence-electron chi connectivity index (χ0n) is 10.5. The van der Waals surface area contributed by atoms with Gasteiger partial charge in [-0.2, -0.15) is 0 Å². The van der Waals surface area contributed by atoms with Crippen molar-refractivity contribution in [2.24, 2.45) is 5.92 Å². The van der Waals surface area contributed by atoms with E-state index in [4.69, 9.17) is 14.2 Å². The second-order valence-electron chi connectivity index (χ2n) is 4.83. The van der Waals surface area contributed by atoms with Gasteiger partial charge in [0.05, 0.1) is 12.2 Å². The summed E-state index contributed by atoms with van der Waals surface area (Å²) in [6, 6.07) is 0. The molecule has 1 aliphatic heterocycles. The van der Waals surface area contributed by atoms with Crippen molar-refractivity contribution in [3.63, 3.8) is 0 Å². The summed E-state index contributed by atoms with van der Waals surface area (Å²) >= 11 is 0. The Morgan fingerprint density at radius 3 is 2.75 bits per heavy atom. The lowest BCUT2D eigenvalue weighted by molar-refractivity contribution is -0.174. The highest BCUT2D eigenvalue weighted by Crippen LogP contribution is 2.41. The van der Waals surface area contributed by atoms with E-state index in [1.165, 1.54) is 19.3 Å². The standard InChI is InChI=1S/C13H24O3/c1-3-5-8-15-13(14-4-2)10-6-7-11-12(9-10)16-11/h10-13H,3-9H2,1-2H3. The van der Waals surface area contributed by atoms with Gasteiger partial charge in [-0.25, -0.2) is 0 Å². The van der Waals surface area contributed by atoms with Crippen LogP contribution in [-0.2, 0) is 14.2 Å². The Labute approximate surface area is 98.4 Å². The van der Waals surface area contributed by atoms with E-state index in [2.05, 4.69) is 6.92 Å². The highest BCUT2D eigenvalue weighted by molar-refractivity contribution is 4.92. The fraction of sp³-hybridized carbons (Fsp3) is 1.00. The molecule has 4 atom stereocenters. The zero-order chi connectivity index (χ0) is 11.4. The van der Waals surface area contributed by atoms with Crippen LogP contribution in [0.15, 0.2) is 0 Å². The van der Waals surface area contributed by atoms with Gasteiger partial charge in [-0.1, -0.05) is 13.3 Å². The van der Waals surface area contributed by atoms with Crippen LogP contribution in [0.1, 0.15) is 46.0 Å². The van der Waals surface area contributed by atoms with Gasteiger partial charge in [0.15, 0.2) is 6.29 Å². The quantitative estimate of drug-likeness (QED) is 0.381. The summed E-state index contributed by atoms with van der Waals surface area (Å²) in [5, 5.41) is 0. The van der Waals surface area contributed by atoms with E-state index in [1.807, 2.05) is 6.92 Å². The summed E-state index contributed by atoms with van der Waals surface area (Å²) in [4.78, 5) is 0. The first-order valence-electron chi connectivity index (χ1n) is 6.73. The van der Waals surface area contributed by atoms with Crippen molar-refractivity contribution in [1.82, 2.24) is 0 Å². The summed E-state index contributed by atoms with van der Waals surface area (Å²) < 4.78 is 17.1. The average molecular weight is 228 g/mol. The van der Waals surface area contributed by atoms with Crippen LogP contribution in [0.25, 0.3) is 0 Å². The van der Waals surface area contributed by atoms with Crippen LogP contribution >= 0.6 is 0 Å². The number of hydrogen-bond acceptors (Lipinski definition) is 3. The third kappa shape index (κ3) is 3.19. The maximum absolute atomic E-state index is 5.85. The van der Waals surface area contributed by atoms with Crippen LogP contribution in [0.5, 0.6) is 0 Å². The molecule has 0 aromatic heterocycles. The third-order valence-corrected chi connectivity index (χ3v) is 3.54. The fourth-order valence-electron chi connectivity index (χ4n) is 2.51. The Bertz CT molecular complexity index is 207. The molecule has 2 aliphatic rings. The highest BCUT2D eigenvalue weighted by atomic mass is 16.7. The van der Waals surface area contributed by atoms with Gasteiger partial charge in [0.2, 0.25) is 0 Å². The van der Waals surface area contributed by atoms with Crippen molar-refractivity contribution in [2.75, 3.05) is 13.2 Å². The minimum absolute atomic E-state index is 0.00157. The minimum atomic E-state index is 0.00157. The van der Waals surface area contributed by atoms with E-state index in [-0.39, 0.29) is 6.29 Å². The molecule has 1 saturated carbocycles. The first kappa shape index (κ1) is 12.3. The summed E-state index contributed by atoms with van der Waals surface area (Å²) in [6.45, 7) is 5.78. The molecule has 1 heterocycles. The van der Waals surface area contributed by atoms with Crippen LogP contribution in [0.2, 0.25) is 0 Å². The Hall–Kier alpha value is -0.120. The van der Waals surface area contributed by atoms with Crippen molar-refractivity contribution in [3.05, 3.63) is 0 Å². The van der Waals surface area contributed by atoms with Gasteiger partial charge >= 0.3 is 0 Å². The third-order valence-electron chi connectivity index (χ3n) is 3.54. The molecule has 0 amide bonds. The SMILES string of the molecule is CCCCOC(OCC)C1CCC2OC2C1. The van der Waals surface area contributed by atoms with Gasteiger partial charge in [0.1, 0.15) is 0 Å². The zero-order valence-corrected chi connectivity index (χ0v) is 10.5. The van der Waals surface area contributed by atoms with Crippen LogP contribution in [0, 0.1) is 5.92 Å². The van der Waals surface area contributed by atoms with Crippen LogP contribution in [0.3, 0.4) is 0 Å². The Balaban J connectivity index is 1.75. The van der Waals surface area contributed by atoms with Gasteiger partial charge < -0.3 is 14.2 Å². The summed E-state index contributed by atoms with van der Waals surface area (Å²) in [5.41, 5.74) is 0. The van der Waals surface area contributed by atoms with Gasteiger partial charge in [-0.05, 0) is 32.6 Å². The highest BCUT2D eigenvalue weighted by Gasteiger charge is 2.46. The van der Waals surface area contributed by atoms with Crippen molar-refractivity contribution in [2.45, 2.75) is 64.4 Å². The van der Waals surface area contributed by atoms with Crippen LogP contribution in [0.4, 0.5) is 0 Å². The lowest BCUT2D eigenvalue weighted by atomic mass is 9.89. The predicted molar refractivity (Wildman–Crippen MR) is 62.3 cm³/mol. The molecule has 0 radical (unpaired) electrons. The maximum Gasteiger partial charge on any atom is 0.160 e. The Morgan fingerprint density at radius 2 is 2.06 bits per heavy atom. The average Bonchev–Trinajstić information content (AvgIpc) is 3.06. The molecule has 0 N–H and O–H groups in total. The number of hydrogen-bond donors (Lipinski definition) is 0.